The van der Waals surface area contributed by atoms with E-state index in [0.29, 0.717) is 53.9 Å². The minimum absolute atomic E-state index is 0.286. The highest BCUT2D eigenvalue weighted by molar-refractivity contribution is 5.58. The maximum absolute atomic E-state index is 13.4. The summed E-state index contributed by atoms with van der Waals surface area (Å²) in [6.07, 6.45) is 0.453. The van der Waals surface area contributed by atoms with Crippen molar-refractivity contribution < 1.29 is 13.2 Å². The Bertz CT molecular complexity index is 1180. The van der Waals surface area contributed by atoms with Gasteiger partial charge in [-0.05, 0) is 43.7 Å². The molecule has 0 aliphatic carbocycles. The average molecular weight is 471 g/mol. The summed E-state index contributed by atoms with van der Waals surface area (Å²) in [4.78, 5) is 10.4. The van der Waals surface area contributed by atoms with Crippen molar-refractivity contribution in [2.45, 2.75) is 26.1 Å². The van der Waals surface area contributed by atoms with Gasteiger partial charge in [0.15, 0.2) is 0 Å². The summed E-state index contributed by atoms with van der Waals surface area (Å²) in [6, 6.07) is 5.30. The van der Waals surface area contributed by atoms with Crippen LogP contribution < -0.4 is 27.0 Å². The molecule has 178 valence electrons. The predicted octanol–water partition coefficient (Wildman–Crippen LogP) is 3.11. The van der Waals surface area contributed by atoms with E-state index in [1.165, 1.54) is 18.5 Å². The molecule has 8 nitrogen and oxygen atoms in total. The number of allylic oxidation sites excluding steroid dienone is 2. The first-order valence-corrected chi connectivity index (χ1v) is 10.5. The molecule has 0 saturated carbocycles. The molecule has 2 aromatic rings. The van der Waals surface area contributed by atoms with Gasteiger partial charge in [-0.2, -0.15) is 18.4 Å². The van der Waals surface area contributed by atoms with Gasteiger partial charge in [0, 0.05) is 24.3 Å². The molecule has 0 atom stereocenters. The molecular formula is C23H25F3N8. The Hall–Kier alpha value is -4.20. The lowest BCUT2D eigenvalue weighted by molar-refractivity contribution is -0.137. The molecule has 1 aromatic carbocycles. The molecule has 0 radical (unpaired) electrons. The number of likely N-dealkylation sites (N-methyl/N-ethyl adjacent to an activating group) is 1. The molecule has 1 aromatic heterocycles. The molecule has 11 heteroatoms. The van der Waals surface area contributed by atoms with Crippen LogP contribution in [-0.4, -0.2) is 23.1 Å². The number of hydrogen-bond donors (Lipinski definition) is 4. The second-order valence-electron chi connectivity index (χ2n) is 7.54. The molecule has 1 aliphatic rings. The Morgan fingerprint density at radius 1 is 1.29 bits per heavy atom. The number of rotatable bonds is 7. The van der Waals surface area contributed by atoms with E-state index in [-0.39, 0.29) is 6.54 Å². The highest BCUT2D eigenvalue weighted by Gasteiger charge is 2.34. The minimum atomic E-state index is -4.62. The standard InChI is InChI=1S/C23H25F3N8/c1-3-30-14(2)19(28)6-7-21(29)33-22-17-8-9-34(12-20(17)31-13-32-22)16-5-4-15(11-27)18(10-16)23(24,25)26/h4-7,10,13,30H,2-3,8-9,12,28-29H2,1H3,(H,31,32,33)/b19-6-,21-7+. The normalized spacial score (nSPS) is 14.3. The van der Waals surface area contributed by atoms with Gasteiger partial charge in [-0.25, -0.2) is 9.97 Å². The Balaban J connectivity index is 1.80. The molecule has 34 heavy (non-hydrogen) atoms. The number of nitrogens with one attached hydrogen (secondary N) is 2. The van der Waals surface area contributed by atoms with E-state index in [1.54, 1.807) is 23.1 Å². The van der Waals surface area contributed by atoms with Crippen LogP contribution in [-0.2, 0) is 19.1 Å². The van der Waals surface area contributed by atoms with E-state index in [1.807, 2.05) is 6.92 Å². The number of alkyl halides is 3. The topological polar surface area (TPSA) is 129 Å². The number of anilines is 2. The van der Waals surface area contributed by atoms with Crippen molar-refractivity contribution in [1.29, 1.82) is 5.26 Å². The molecule has 3 rings (SSSR count). The fraction of sp³-hybridized carbons (Fsp3) is 0.261. The van der Waals surface area contributed by atoms with Crippen LogP contribution in [0.3, 0.4) is 0 Å². The largest absolute Gasteiger partial charge is 0.417 e. The van der Waals surface area contributed by atoms with E-state index >= 15 is 0 Å². The van der Waals surface area contributed by atoms with Gasteiger partial charge in [0.1, 0.15) is 18.0 Å². The summed E-state index contributed by atoms with van der Waals surface area (Å²) in [6.45, 7) is 7.17. The van der Waals surface area contributed by atoms with Crippen LogP contribution in [0.1, 0.15) is 29.3 Å². The van der Waals surface area contributed by atoms with Gasteiger partial charge in [-0.3, -0.25) is 0 Å². The first kappa shape index (κ1) is 24.4. The Morgan fingerprint density at radius 2 is 2.06 bits per heavy atom. The molecule has 6 N–H and O–H groups in total. The van der Waals surface area contributed by atoms with Crippen molar-refractivity contribution in [3.63, 3.8) is 0 Å². The second kappa shape index (κ2) is 10.2. The summed E-state index contributed by atoms with van der Waals surface area (Å²) in [5, 5.41) is 15.1. The highest BCUT2D eigenvalue weighted by atomic mass is 19.4. The van der Waals surface area contributed by atoms with Gasteiger partial charge in [-0.15, -0.1) is 0 Å². The smallest absolute Gasteiger partial charge is 0.397 e. The fourth-order valence-electron chi connectivity index (χ4n) is 3.52. The summed E-state index contributed by atoms with van der Waals surface area (Å²) in [5.74, 6) is 0.823. The fourth-order valence-corrected chi connectivity index (χ4v) is 3.52. The third kappa shape index (κ3) is 5.58. The maximum Gasteiger partial charge on any atom is 0.417 e. The van der Waals surface area contributed by atoms with Crippen molar-refractivity contribution in [2.24, 2.45) is 11.5 Å². The quantitative estimate of drug-likeness (QED) is 0.455. The molecule has 0 unspecified atom stereocenters. The van der Waals surface area contributed by atoms with Crippen molar-refractivity contribution in [1.82, 2.24) is 15.3 Å². The molecule has 0 fully saturated rings. The van der Waals surface area contributed by atoms with Gasteiger partial charge in [0.25, 0.3) is 0 Å². The Kier molecular flexibility index (Phi) is 7.31. The number of nitrogens with zero attached hydrogens (tertiary/aromatic N) is 4. The van der Waals surface area contributed by atoms with Crippen LogP contribution in [0.4, 0.5) is 24.7 Å². The zero-order valence-electron chi connectivity index (χ0n) is 18.6. The molecular weight excluding hydrogens is 445 g/mol. The van der Waals surface area contributed by atoms with Gasteiger partial charge in [0.2, 0.25) is 0 Å². The van der Waals surface area contributed by atoms with Crippen molar-refractivity contribution in [2.75, 3.05) is 23.3 Å². The van der Waals surface area contributed by atoms with Crippen LogP contribution in [0.15, 0.2) is 60.5 Å². The van der Waals surface area contributed by atoms with Gasteiger partial charge >= 0.3 is 6.18 Å². The summed E-state index contributed by atoms with van der Waals surface area (Å²) in [7, 11) is 0. The molecule has 0 amide bonds. The van der Waals surface area contributed by atoms with Crippen molar-refractivity contribution in [3.8, 4) is 6.07 Å². The van der Waals surface area contributed by atoms with Gasteiger partial charge in [0.05, 0.1) is 40.8 Å². The lowest BCUT2D eigenvalue weighted by Gasteiger charge is -2.31. The first-order chi connectivity index (χ1) is 16.1. The first-order valence-electron chi connectivity index (χ1n) is 10.5. The SMILES string of the molecule is C=C(NCC)/C(N)=C/C=C(\N)Nc1ncnc2c1CCN(c1ccc(C#N)c(C(F)(F)F)c1)C2. The van der Waals surface area contributed by atoms with Crippen LogP contribution >= 0.6 is 0 Å². The van der Waals surface area contributed by atoms with Crippen LogP contribution in [0.25, 0.3) is 0 Å². The lowest BCUT2D eigenvalue weighted by Crippen LogP contribution is -2.32. The molecule has 1 aliphatic heterocycles. The van der Waals surface area contributed by atoms with E-state index in [9.17, 15) is 13.2 Å². The molecule has 0 bridgehead atoms. The number of benzene rings is 1. The molecule has 0 saturated heterocycles. The third-order valence-corrected chi connectivity index (χ3v) is 5.24. The van der Waals surface area contributed by atoms with E-state index in [4.69, 9.17) is 16.7 Å². The molecule has 0 spiro atoms. The number of halogens is 3. The summed E-state index contributed by atoms with van der Waals surface area (Å²) in [5.41, 5.74) is 13.5. The minimum Gasteiger partial charge on any atom is -0.397 e. The van der Waals surface area contributed by atoms with Gasteiger partial charge < -0.3 is 27.0 Å². The number of aromatic nitrogens is 2. The number of hydrogen-bond acceptors (Lipinski definition) is 8. The summed E-state index contributed by atoms with van der Waals surface area (Å²) >= 11 is 0. The zero-order valence-corrected chi connectivity index (χ0v) is 18.6. The van der Waals surface area contributed by atoms with Crippen molar-refractivity contribution >= 4 is 11.5 Å². The monoisotopic (exact) mass is 470 g/mol. The molecule has 2 heterocycles. The van der Waals surface area contributed by atoms with E-state index in [0.717, 1.165) is 11.6 Å². The van der Waals surface area contributed by atoms with Crippen LogP contribution in [0, 0.1) is 11.3 Å². The Labute approximate surface area is 195 Å². The zero-order chi connectivity index (χ0) is 24.9. The lowest BCUT2D eigenvalue weighted by atomic mass is 10.0. The number of nitriles is 1. The van der Waals surface area contributed by atoms with Crippen molar-refractivity contribution in [3.05, 3.63) is 82.9 Å². The second-order valence-corrected chi connectivity index (χ2v) is 7.54. The average Bonchev–Trinajstić information content (AvgIpc) is 2.81. The van der Waals surface area contributed by atoms with Gasteiger partial charge in [-0.1, -0.05) is 6.58 Å². The number of nitrogens with two attached hydrogens (primary N) is 2. The highest BCUT2D eigenvalue weighted by Crippen LogP contribution is 2.35. The van der Waals surface area contributed by atoms with E-state index in [2.05, 4.69) is 27.2 Å². The predicted molar refractivity (Wildman–Crippen MR) is 124 cm³/mol. The van der Waals surface area contributed by atoms with E-state index < -0.39 is 17.3 Å². The van der Waals surface area contributed by atoms with Crippen LogP contribution in [0.2, 0.25) is 0 Å². The van der Waals surface area contributed by atoms with Crippen LogP contribution in [0.5, 0.6) is 0 Å². The Morgan fingerprint density at radius 3 is 2.74 bits per heavy atom. The number of fused-ring (bicyclic) bond motifs is 1. The summed E-state index contributed by atoms with van der Waals surface area (Å²) < 4.78 is 40.1. The maximum atomic E-state index is 13.4. The third-order valence-electron chi connectivity index (χ3n) is 5.24.